The lowest BCUT2D eigenvalue weighted by Gasteiger charge is -2.27. The fraction of sp³-hybridized carbons (Fsp3) is 0.263. The van der Waals surface area contributed by atoms with Crippen LogP contribution in [-0.2, 0) is 4.74 Å². The first kappa shape index (κ1) is 17.3. The monoisotopic (exact) mass is 389 g/mol. The molecule has 0 radical (unpaired) electrons. The molecule has 4 rings (SSSR count). The van der Waals surface area contributed by atoms with Crippen LogP contribution in [0.3, 0.4) is 0 Å². The van der Waals surface area contributed by atoms with E-state index in [1.807, 2.05) is 30.2 Å². The van der Waals surface area contributed by atoms with E-state index in [-0.39, 0.29) is 5.91 Å². The number of H-pyrrole nitrogens is 1. The summed E-state index contributed by atoms with van der Waals surface area (Å²) in [4.78, 5) is 22.6. The minimum Gasteiger partial charge on any atom is -0.378 e. The smallest absolute Gasteiger partial charge is 0.256 e. The molecule has 2 aromatic heterocycles. The SMILES string of the molecule is Cc1c[nH]c2c(-c3cc(Cl)cc(Cl)c3)ncc(C(=O)N3CCOCC3)c12. The van der Waals surface area contributed by atoms with Crippen LogP contribution in [0, 0.1) is 6.92 Å². The number of nitrogens with one attached hydrogen (secondary N) is 1. The van der Waals surface area contributed by atoms with Crippen molar-refractivity contribution in [3.63, 3.8) is 0 Å². The first-order valence-corrected chi connectivity index (χ1v) is 9.10. The highest BCUT2D eigenvalue weighted by Crippen LogP contribution is 2.33. The molecule has 3 aromatic rings. The highest BCUT2D eigenvalue weighted by atomic mass is 35.5. The Labute approximate surface area is 160 Å². The summed E-state index contributed by atoms with van der Waals surface area (Å²) in [6, 6.07) is 5.31. The van der Waals surface area contributed by atoms with Crippen LogP contribution < -0.4 is 0 Å². The van der Waals surface area contributed by atoms with Crippen molar-refractivity contribution in [1.82, 2.24) is 14.9 Å². The highest BCUT2D eigenvalue weighted by Gasteiger charge is 2.23. The second kappa shape index (κ2) is 6.91. The van der Waals surface area contributed by atoms with E-state index in [2.05, 4.69) is 9.97 Å². The van der Waals surface area contributed by atoms with E-state index in [4.69, 9.17) is 27.9 Å². The van der Waals surface area contributed by atoms with Crippen molar-refractivity contribution < 1.29 is 9.53 Å². The molecule has 0 unspecified atom stereocenters. The summed E-state index contributed by atoms with van der Waals surface area (Å²) in [5, 5.41) is 1.96. The van der Waals surface area contributed by atoms with Crippen molar-refractivity contribution >= 4 is 40.0 Å². The highest BCUT2D eigenvalue weighted by molar-refractivity contribution is 6.35. The molecule has 5 nitrogen and oxygen atoms in total. The summed E-state index contributed by atoms with van der Waals surface area (Å²) < 4.78 is 5.34. The second-order valence-corrected chi connectivity index (χ2v) is 7.18. The van der Waals surface area contributed by atoms with Crippen LogP contribution in [0.4, 0.5) is 0 Å². The molecule has 7 heteroatoms. The number of pyridine rings is 1. The number of hydrogen-bond donors (Lipinski definition) is 1. The molecular formula is C19H17Cl2N3O2. The van der Waals surface area contributed by atoms with Crippen LogP contribution in [0.2, 0.25) is 10.0 Å². The predicted molar refractivity (Wildman–Crippen MR) is 103 cm³/mol. The van der Waals surface area contributed by atoms with E-state index in [0.29, 0.717) is 41.9 Å². The van der Waals surface area contributed by atoms with Crippen molar-refractivity contribution in [2.45, 2.75) is 6.92 Å². The number of carbonyl (C=O) groups is 1. The molecule has 1 fully saturated rings. The number of ether oxygens (including phenoxy) is 1. The Hall–Kier alpha value is -2.08. The van der Waals surface area contributed by atoms with Gasteiger partial charge in [0.1, 0.15) is 0 Å². The Bertz CT molecular complexity index is 974. The molecule has 0 saturated carbocycles. The van der Waals surface area contributed by atoms with Crippen LogP contribution in [0.1, 0.15) is 15.9 Å². The van der Waals surface area contributed by atoms with E-state index in [9.17, 15) is 4.79 Å². The van der Waals surface area contributed by atoms with E-state index < -0.39 is 0 Å². The molecule has 0 aliphatic carbocycles. The summed E-state index contributed by atoms with van der Waals surface area (Å²) in [5.74, 6) is -0.0239. The van der Waals surface area contributed by atoms with Gasteiger partial charge in [-0.1, -0.05) is 23.2 Å². The van der Waals surface area contributed by atoms with E-state index in [1.165, 1.54) is 0 Å². The summed E-state index contributed by atoms with van der Waals surface area (Å²) >= 11 is 12.3. The fourth-order valence-electron chi connectivity index (χ4n) is 3.32. The average Bonchev–Trinajstić information content (AvgIpc) is 3.02. The van der Waals surface area contributed by atoms with Gasteiger partial charge in [0.25, 0.3) is 5.91 Å². The zero-order valence-electron chi connectivity index (χ0n) is 14.2. The maximum atomic E-state index is 13.0. The number of amides is 1. The molecule has 0 bridgehead atoms. The van der Waals surface area contributed by atoms with E-state index >= 15 is 0 Å². The van der Waals surface area contributed by atoms with Crippen LogP contribution in [-0.4, -0.2) is 47.1 Å². The van der Waals surface area contributed by atoms with Crippen molar-refractivity contribution in [1.29, 1.82) is 0 Å². The molecule has 1 amide bonds. The number of carbonyl (C=O) groups excluding carboxylic acids is 1. The molecule has 1 aliphatic heterocycles. The van der Waals surface area contributed by atoms with Crippen LogP contribution in [0.25, 0.3) is 22.2 Å². The molecule has 134 valence electrons. The van der Waals surface area contributed by atoms with Crippen molar-refractivity contribution in [2.24, 2.45) is 0 Å². The number of aromatic nitrogens is 2. The molecule has 1 aliphatic rings. The zero-order chi connectivity index (χ0) is 18.3. The number of fused-ring (bicyclic) bond motifs is 1. The predicted octanol–water partition coefficient (Wildman–Crippen LogP) is 4.32. The lowest BCUT2D eigenvalue weighted by molar-refractivity contribution is 0.0304. The number of benzene rings is 1. The fourth-order valence-corrected chi connectivity index (χ4v) is 3.85. The van der Waals surface area contributed by atoms with E-state index in [1.54, 1.807) is 12.3 Å². The van der Waals surface area contributed by atoms with Gasteiger partial charge in [-0.25, -0.2) is 0 Å². The summed E-state index contributed by atoms with van der Waals surface area (Å²) in [5.41, 5.74) is 3.92. The summed E-state index contributed by atoms with van der Waals surface area (Å²) in [6.45, 7) is 4.29. The first-order valence-electron chi connectivity index (χ1n) is 8.35. The van der Waals surface area contributed by atoms with Gasteiger partial charge in [0.15, 0.2) is 0 Å². The molecule has 0 spiro atoms. The standard InChI is InChI=1S/C19H17Cl2N3O2/c1-11-9-22-18-16(11)15(19(25)24-2-4-26-5-3-24)10-23-17(18)12-6-13(20)8-14(21)7-12/h6-10,22H,2-5H2,1H3. The summed E-state index contributed by atoms with van der Waals surface area (Å²) in [7, 11) is 0. The van der Waals surface area contributed by atoms with Gasteiger partial charge in [0, 0.05) is 46.5 Å². The van der Waals surface area contributed by atoms with Gasteiger partial charge in [0.2, 0.25) is 0 Å². The molecule has 3 heterocycles. The Balaban J connectivity index is 1.85. The Morgan fingerprint density at radius 3 is 2.58 bits per heavy atom. The third kappa shape index (κ3) is 3.07. The number of nitrogens with zero attached hydrogens (tertiary/aromatic N) is 2. The number of hydrogen-bond acceptors (Lipinski definition) is 3. The molecule has 1 saturated heterocycles. The van der Waals surface area contributed by atoms with Crippen LogP contribution >= 0.6 is 23.2 Å². The third-order valence-electron chi connectivity index (χ3n) is 4.57. The van der Waals surface area contributed by atoms with Gasteiger partial charge in [-0.3, -0.25) is 9.78 Å². The zero-order valence-corrected chi connectivity index (χ0v) is 15.7. The maximum absolute atomic E-state index is 13.0. The number of aromatic amines is 1. The Morgan fingerprint density at radius 2 is 1.88 bits per heavy atom. The van der Waals surface area contributed by atoms with E-state index in [0.717, 1.165) is 27.7 Å². The normalized spacial score (nSPS) is 14.8. The minimum absolute atomic E-state index is 0.0239. The first-order chi connectivity index (χ1) is 12.5. The molecule has 26 heavy (non-hydrogen) atoms. The quantitative estimate of drug-likeness (QED) is 0.709. The van der Waals surface area contributed by atoms with Crippen LogP contribution in [0.15, 0.2) is 30.6 Å². The second-order valence-electron chi connectivity index (χ2n) is 6.30. The van der Waals surface area contributed by atoms with Crippen LogP contribution in [0.5, 0.6) is 0 Å². The maximum Gasteiger partial charge on any atom is 0.256 e. The van der Waals surface area contributed by atoms with Crippen molar-refractivity contribution in [3.05, 3.63) is 51.8 Å². The number of morpholine rings is 1. The lowest BCUT2D eigenvalue weighted by Crippen LogP contribution is -2.40. The topological polar surface area (TPSA) is 58.2 Å². The average molecular weight is 390 g/mol. The number of rotatable bonds is 2. The Morgan fingerprint density at radius 1 is 1.19 bits per heavy atom. The van der Waals surface area contributed by atoms with Gasteiger partial charge in [-0.2, -0.15) is 0 Å². The minimum atomic E-state index is -0.0239. The van der Waals surface area contributed by atoms with Crippen molar-refractivity contribution in [2.75, 3.05) is 26.3 Å². The van der Waals surface area contributed by atoms with Gasteiger partial charge >= 0.3 is 0 Å². The van der Waals surface area contributed by atoms with Gasteiger partial charge in [-0.15, -0.1) is 0 Å². The lowest BCUT2D eigenvalue weighted by atomic mass is 10.0. The molecule has 0 atom stereocenters. The largest absolute Gasteiger partial charge is 0.378 e. The van der Waals surface area contributed by atoms with Gasteiger partial charge in [0.05, 0.1) is 30.0 Å². The molecule has 1 aromatic carbocycles. The van der Waals surface area contributed by atoms with Gasteiger partial charge in [-0.05, 0) is 30.7 Å². The van der Waals surface area contributed by atoms with Gasteiger partial charge < -0.3 is 14.6 Å². The summed E-state index contributed by atoms with van der Waals surface area (Å²) in [6.07, 6.45) is 3.53. The number of halogens is 2. The van der Waals surface area contributed by atoms with Crippen molar-refractivity contribution in [3.8, 4) is 11.3 Å². The molecule has 1 N–H and O–H groups in total. The molecular weight excluding hydrogens is 373 g/mol. The third-order valence-corrected chi connectivity index (χ3v) is 5.01. The Kier molecular flexibility index (Phi) is 4.61. The number of aryl methyl sites for hydroxylation is 1.